The molecule has 0 amide bonds. The van der Waals surface area contributed by atoms with Crippen LogP contribution in [-0.4, -0.2) is 10.8 Å². The normalized spacial score (nSPS) is 10.1. The average Bonchev–Trinajstić information content (AvgIpc) is 2.33. The highest BCUT2D eigenvalue weighted by Crippen LogP contribution is 2.31. The maximum absolute atomic E-state index is 7.30. The molecule has 0 bridgehead atoms. The number of pyridine rings is 1. The van der Waals surface area contributed by atoms with Gasteiger partial charge in [0.15, 0.2) is 0 Å². The van der Waals surface area contributed by atoms with Crippen molar-refractivity contribution in [3.8, 4) is 11.5 Å². The number of aromatic nitrogens is 1. The summed E-state index contributed by atoms with van der Waals surface area (Å²) < 4.78 is 5.57. The van der Waals surface area contributed by atoms with E-state index in [-0.39, 0.29) is 5.84 Å². The number of nitrogen functional groups attached to an aromatic ring is 1. The molecule has 0 radical (unpaired) electrons. The van der Waals surface area contributed by atoms with E-state index in [2.05, 4.69) is 4.98 Å². The van der Waals surface area contributed by atoms with Crippen molar-refractivity contribution in [1.82, 2.24) is 4.98 Å². The van der Waals surface area contributed by atoms with E-state index in [0.717, 1.165) is 0 Å². The second-order valence-corrected chi connectivity index (χ2v) is 4.31. The Morgan fingerprint density at radius 1 is 1.22 bits per heavy atom. The number of hydrogen-bond acceptors (Lipinski definition) is 3. The van der Waals surface area contributed by atoms with Gasteiger partial charge in [0.05, 0.1) is 5.02 Å². The minimum atomic E-state index is -0.123. The van der Waals surface area contributed by atoms with Crippen molar-refractivity contribution >= 4 is 29.0 Å². The number of halogens is 2. The smallest absolute Gasteiger partial charge is 0.146 e. The van der Waals surface area contributed by atoms with Gasteiger partial charge >= 0.3 is 0 Å². The molecule has 0 aliphatic carbocycles. The molecule has 18 heavy (non-hydrogen) atoms. The molecule has 1 aromatic carbocycles. The van der Waals surface area contributed by atoms with Crippen molar-refractivity contribution in [2.45, 2.75) is 0 Å². The third kappa shape index (κ3) is 2.91. The van der Waals surface area contributed by atoms with E-state index in [1.807, 2.05) is 0 Å². The summed E-state index contributed by atoms with van der Waals surface area (Å²) in [5.74, 6) is 0.851. The van der Waals surface area contributed by atoms with Gasteiger partial charge in [-0.25, -0.2) is 0 Å². The van der Waals surface area contributed by atoms with E-state index < -0.39 is 0 Å². The van der Waals surface area contributed by atoms with Crippen LogP contribution in [0.3, 0.4) is 0 Å². The molecule has 0 aliphatic rings. The molecule has 0 saturated carbocycles. The Kier molecular flexibility index (Phi) is 3.69. The lowest BCUT2D eigenvalue weighted by Crippen LogP contribution is -2.12. The zero-order valence-corrected chi connectivity index (χ0v) is 10.7. The third-order valence-corrected chi connectivity index (χ3v) is 2.66. The molecule has 2 rings (SSSR count). The largest absolute Gasteiger partial charge is 0.456 e. The van der Waals surface area contributed by atoms with Crippen LogP contribution in [0.4, 0.5) is 0 Å². The molecule has 0 unspecified atom stereocenters. The van der Waals surface area contributed by atoms with Gasteiger partial charge in [-0.15, -0.1) is 0 Å². The summed E-state index contributed by atoms with van der Waals surface area (Å²) >= 11 is 11.8. The Bertz CT molecular complexity index is 602. The highest BCUT2D eigenvalue weighted by atomic mass is 35.5. The van der Waals surface area contributed by atoms with Crippen LogP contribution in [0.2, 0.25) is 10.0 Å². The molecule has 2 aromatic rings. The van der Waals surface area contributed by atoms with Crippen molar-refractivity contribution in [3.63, 3.8) is 0 Å². The molecule has 6 heteroatoms. The van der Waals surface area contributed by atoms with Crippen molar-refractivity contribution in [1.29, 1.82) is 5.41 Å². The zero-order valence-electron chi connectivity index (χ0n) is 9.15. The van der Waals surface area contributed by atoms with E-state index in [9.17, 15) is 0 Å². The van der Waals surface area contributed by atoms with Crippen LogP contribution >= 0.6 is 23.2 Å². The van der Waals surface area contributed by atoms with Gasteiger partial charge in [-0.3, -0.25) is 10.4 Å². The highest BCUT2D eigenvalue weighted by molar-refractivity contribution is 6.35. The first-order valence-corrected chi connectivity index (χ1v) is 5.75. The average molecular weight is 282 g/mol. The van der Waals surface area contributed by atoms with Gasteiger partial charge in [-0.05, 0) is 24.3 Å². The third-order valence-electron chi connectivity index (χ3n) is 2.13. The molecular weight excluding hydrogens is 273 g/mol. The SMILES string of the molecule is N=C(N)c1cc(Oc2ccc(Cl)cc2Cl)ccn1. The summed E-state index contributed by atoms with van der Waals surface area (Å²) in [6.07, 6.45) is 1.51. The Morgan fingerprint density at radius 2 is 2.00 bits per heavy atom. The van der Waals surface area contributed by atoms with Gasteiger partial charge in [0.1, 0.15) is 23.0 Å². The summed E-state index contributed by atoms with van der Waals surface area (Å²) in [5.41, 5.74) is 5.69. The number of amidine groups is 1. The fraction of sp³-hybridized carbons (Fsp3) is 0. The van der Waals surface area contributed by atoms with Gasteiger partial charge < -0.3 is 10.5 Å². The van der Waals surface area contributed by atoms with Crippen molar-refractivity contribution in [2.75, 3.05) is 0 Å². The molecule has 0 aliphatic heterocycles. The molecule has 0 saturated heterocycles. The Balaban J connectivity index is 2.28. The molecule has 0 fully saturated rings. The summed E-state index contributed by atoms with van der Waals surface area (Å²) in [4.78, 5) is 3.93. The summed E-state index contributed by atoms with van der Waals surface area (Å²) in [7, 11) is 0. The quantitative estimate of drug-likeness (QED) is 0.668. The standard InChI is InChI=1S/C12H9Cl2N3O/c13-7-1-2-11(9(14)5-7)18-8-3-4-17-10(6-8)12(15)16/h1-6H,(H3,15,16). The van der Waals surface area contributed by atoms with Crippen LogP contribution in [0.5, 0.6) is 11.5 Å². The van der Waals surface area contributed by atoms with Crippen LogP contribution in [0.15, 0.2) is 36.5 Å². The predicted molar refractivity (Wildman–Crippen MR) is 71.8 cm³/mol. The molecule has 1 aromatic heterocycles. The Morgan fingerprint density at radius 3 is 2.67 bits per heavy atom. The van der Waals surface area contributed by atoms with E-state index in [1.165, 1.54) is 6.20 Å². The van der Waals surface area contributed by atoms with E-state index in [4.69, 9.17) is 39.1 Å². The molecule has 0 atom stereocenters. The summed E-state index contributed by atoms with van der Waals surface area (Å²) in [5, 5.41) is 8.24. The second-order valence-electron chi connectivity index (χ2n) is 3.47. The summed E-state index contributed by atoms with van der Waals surface area (Å²) in [6, 6.07) is 8.14. The van der Waals surface area contributed by atoms with Crippen LogP contribution in [0, 0.1) is 5.41 Å². The molecule has 0 spiro atoms. The maximum Gasteiger partial charge on any atom is 0.146 e. The number of ether oxygens (including phenoxy) is 1. The van der Waals surface area contributed by atoms with E-state index in [0.29, 0.717) is 27.2 Å². The van der Waals surface area contributed by atoms with Gasteiger partial charge in [0.2, 0.25) is 0 Å². The van der Waals surface area contributed by atoms with Crippen LogP contribution in [-0.2, 0) is 0 Å². The minimum absolute atomic E-state index is 0.123. The van der Waals surface area contributed by atoms with Gasteiger partial charge in [-0.2, -0.15) is 0 Å². The first-order chi connectivity index (χ1) is 8.56. The lowest BCUT2D eigenvalue weighted by molar-refractivity contribution is 0.482. The number of nitrogens with two attached hydrogens (primary N) is 1. The highest BCUT2D eigenvalue weighted by Gasteiger charge is 2.06. The van der Waals surface area contributed by atoms with E-state index >= 15 is 0 Å². The van der Waals surface area contributed by atoms with Crippen LogP contribution in [0.1, 0.15) is 5.69 Å². The van der Waals surface area contributed by atoms with Gasteiger partial charge in [0, 0.05) is 17.3 Å². The zero-order chi connectivity index (χ0) is 13.1. The number of hydrogen-bond donors (Lipinski definition) is 2. The first-order valence-electron chi connectivity index (χ1n) is 4.99. The Hall–Kier alpha value is -1.78. The molecule has 92 valence electrons. The number of rotatable bonds is 3. The summed E-state index contributed by atoms with van der Waals surface area (Å²) in [6.45, 7) is 0. The topological polar surface area (TPSA) is 72.0 Å². The number of nitrogens with zero attached hydrogens (tertiary/aromatic N) is 1. The van der Waals surface area contributed by atoms with Crippen LogP contribution in [0.25, 0.3) is 0 Å². The fourth-order valence-corrected chi connectivity index (χ4v) is 1.75. The molecular formula is C12H9Cl2N3O. The van der Waals surface area contributed by atoms with Crippen molar-refractivity contribution in [3.05, 3.63) is 52.3 Å². The number of benzene rings is 1. The van der Waals surface area contributed by atoms with Crippen molar-refractivity contribution in [2.24, 2.45) is 5.73 Å². The van der Waals surface area contributed by atoms with Gasteiger partial charge in [0.25, 0.3) is 0 Å². The fourth-order valence-electron chi connectivity index (χ4n) is 1.31. The van der Waals surface area contributed by atoms with Crippen LogP contribution < -0.4 is 10.5 Å². The number of nitrogens with one attached hydrogen (secondary N) is 1. The lowest BCUT2D eigenvalue weighted by atomic mass is 10.3. The predicted octanol–water partition coefficient (Wildman–Crippen LogP) is 3.46. The van der Waals surface area contributed by atoms with E-state index in [1.54, 1.807) is 30.3 Å². The van der Waals surface area contributed by atoms with Gasteiger partial charge in [-0.1, -0.05) is 23.2 Å². The maximum atomic E-state index is 7.30. The first kappa shape index (κ1) is 12.7. The Labute approximate surface area is 114 Å². The lowest BCUT2D eigenvalue weighted by Gasteiger charge is -2.08. The minimum Gasteiger partial charge on any atom is -0.456 e. The van der Waals surface area contributed by atoms with Crippen molar-refractivity contribution < 1.29 is 4.74 Å². The second kappa shape index (κ2) is 5.25. The monoisotopic (exact) mass is 281 g/mol. The molecule has 1 heterocycles. The molecule has 4 nitrogen and oxygen atoms in total. The molecule has 3 N–H and O–H groups in total.